The molecule has 1 atom stereocenters. The summed E-state index contributed by atoms with van der Waals surface area (Å²) in [4.78, 5) is 0. The van der Waals surface area contributed by atoms with E-state index in [-0.39, 0.29) is 6.04 Å². The number of piperidine rings is 1. The van der Waals surface area contributed by atoms with E-state index in [0.717, 1.165) is 45.2 Å². The molecule has 0 radical (unpaired) electrons. The molecule has 2 N–H and O–H groups in total. The van der Waals surface area contributed by atoms with Crippen LogP contribution in [-0.4, -0.2) is 44.9 Å². The highest BCUT2D eigenvalue weighted by Gasteiger charge is 2.28. The molecule has 1 fully saturated rings. The summed E-state index contributed by atoms with van der Waals surface area (Å²) in [7, 11) is -3.29. The molecule has 0 amide bonds. The second-order valence-electron chi connectivity index (χ2n) is 5.82. The van der Waals surface area contributed by atoms with E-state index in [1.165, 1.54) is 0 Å². The molecule has 0 bridgehead atoms. The van der Waals surface area contributed by atoms with Crippen LogP contribution in [0.3, 0.4) is 0 Å². The van der Waals surface area contributed by atoms with E-state index in [4.69, 9.17) is 0 Å². The van der Waals surface area contributed by atoms with Crippen LogP contribution in [0.5, 0.6) is 0 Å². The summed E-state index contributed by atoms with van der Waals surface area (Å²) >= 11 is 0. The van der Waals surface area contributed by atoms with Crippen molar-refractivity contribution in [2.24, 2.45) is 5.92 Å². The van der Waals surface area contributed by atoms with Gasteiger partial charge in [0.05, 0.1) is 0 Å². The largest absolute Gasteiger partial charge is 0.317 e. The molecule has 1 unspecified atom stereocenters. The van der Waals surface area contributed by atoms with Crippen LogP contribution in [0.2, 0.25) is 0 Å². The zero-order valence-electron chi connectivity index (χ0n) is 13.2. The predicted molar refractivity (Wildman–Crippen MR) is 83.9 cm³/mol. The first-order valence-electron chi connectivity index (χ1n) is 7.97. The Morgan fingerprint density at radius 3 is 2.45 bits per heavy atom. The van der Waals surface area contributed by atoms with Gasteiger partial charge in [-0.3, -0.25) is 0 Å². The maximum atomic E-state index is 12.3. The summed E-state index contributed by atoms with van der Waals surface area (Å²) in [6, 6.07) is 0.0273. The second-order valence-corrected chi connectivity index (χ2v) is 7.52. The van der Waals surface area contributed by atoms with E-state index in [2.05, 4.69) is 23.9 Å². The molecule has 0 aromatic carbocycles. The number of unbranched alkanes of at least 4 members (excludes halogenated alkanes) is 1. The number of nitrogens with zero attached hydrogens (tertiary/aromatic N) is 1. The molecule has 0 aliphatic carbocycles. The highest BCUT2D eigenvalue weighted by Crippen LogP contribution is 2.18. The quantitative estimate of drug-likeness (QED) is 0.682. The topological polar surface area (TPSA) is 61.4 Å². The molecule has 0 saturated carbocycles. The van der Waals surface area contributed by atoms with Gasteiger partial charge in [-0.2, -0.15) is 17.4 Å². The molecule has 1 rings (SSSR count). The van der Waals surface area contributed by atoms with Gasteiger partial charge in [-0.1, -0.05) is 26.7 Å². The Kier molecular flexibility index (Phi) is 8.02. The first-order chi connectivity index (χ1) is 9.49. The summed E-state index contributed by atoms with van der Waals surface area (Å²) in [6.45, 7) is 9.44. The molecule has 1 aliphatic heterocycles. The van der Waals surface area contributed by atoms with Crippen LogP contribution in [-0.2, 0) is 10.2 Å². The van der Waals surface area contributed by atoms with Crippen LogP contribution in [0, 0.1) is 5.92 Å². The highest BCUT2D eigenvalue weighted by atomic mass is 32.2. The molecule has 20 heavy (non-hydrogen) atoms. The maximum absolute atomic E-state index is 12.3. The van der Waals surface area contributed by atoms with Gasteiger partial charge in [0, 0.05) is 19.1 Å². The van der Waals surface area contributed by atoms with Gasteiger partial charge in [0.25, 0.3) is 10.2 Å². The molecule has 1 aliphatic rings. The summed E-state index contributed by atoms with van der Waals surface area (Å²) < 4.78 is 29.0. The fourth-order valence-electron chi connectivity index (χ4n) is 2.60. The molecule has 6 heteroatoms. The fourth-order valence-corrected chi connectivity index (χ4v) is 4.07. The van der Waals surface area contributed by atoms with Crippen molar-refractivity contribution >= 4 is 10.2 Å². The van der Waals surface area contributed by atoms with Crippen LogP contribution >= 0.6 is 0 Å². The summed E-state index contributed by atoms with van der Waals surface area (Å²) in [5.74, 6) is 0.610. The molecular formula is C14H31N3O2S. The lowest BCUT2D eigenvalue weighted by Crippen LogP contribution is -2.48. The van der Waals surface area contributed by atoms with Gasteiger partial charge in [0.15, 0.2) is 0 Å². The first-order valence-corrected chi connectivity index (χ1v) is 9.41. The molecule has 120 valence electrons. The van der Waals surface area contributed by atoms with Crippen molar-refractivity contribution < 1.29 is 8.42 Å². The lowest BCUT2D eigenvalue weighted by Gasteiger charge is -2.32. The molecule has 5 nitrogen and oxygen atoms in total. The minimum Gasteiger partial charge on any atom is -0.317 e. The Labute approximate surface area is 124 Å². The van der Waals surface area contributed by atoms with E-state index < -0.39 is 10.2 Å². The third-order valence-corrected chi connectivity index (χ3v) is 5.68. The zero-order chi connectivity index (χ0) is 15.0. The third kappa shape index (κ3) is 6.08. The Bertz CT molecular complexity index is 351. The Balaban J connectivity index is 2.38. The van der Waals surface area contributed by atoms with Crippen LogP contribution in [0.15, 0.2) is 0 Å². The van der Waals surface area contributed by atoms with Gasteiger partial charge < -0.3 is 5.32 Å². The van der Waals surface area contributed by atoms with Crippen LogP contribution in [0.1, 0.15) is 52.9 Å². The molecule has 0 aromatic rings. The minimum absolute atomic E-state index is 0.0273. The molecule has 0 aromatic heterocycles. The Morgan fingerprint density at radius 2 is 1.90 bits per heavy atom. The van der Waals surface area contributed by atoms with Gasteiger partial charge >= 0.3 is 0 Å². The van der Waals surface area contributed by atoms with Crippen LogP contribution in [0.25, 0.3) is 0 Å². The monoisotopic (exact) mass is 305 g/mol. The number of nitrogens with one attached hydrogen (secondary N) is 2. The summed E-state index contributed by atoms with van der Waals surface area (Å²) in [6.07, 6.45) is 4.98. The van der Waals surface area contributed by atoms with E-state index in [1.54, 1.807) is 4.31 Å². The smallest absolute Gasteiger partial charge is 0.279 e. The van der Waals surface area contributed by atoms with E-state index in [9.17, 15) is 8.42 Å². The van der Waals surface area contributed by atoms with Gasteiger partial charge in [0.2, 0.25) is 0 Å². The molecule has 1 saturated heterocycles. The number of hydrogen-bond donors (Lipinski definition) is 2. The lowest BCUT2D eigenvalue weighted by atomic mass is 9.98. The summed E-state index contributed by atoms with van der Waals surface area (Å²) in [5.41, 5.74) is 0. The van der Waals surface area contributed by atoms with Gasteiger partial charge in [-0.25, -0.2) is 0 Å². The Hall–Kier alpha value is -0.170. The van der Waals surface area contributed by atoms with Gasteiger partial charge in [0.1, 0.15) is 0 Å². The standard InChI is InChI=1S/C14H31N3O2S/c1-4-6-7-13(3)16-20(18,19)17-10-8-14(9-11-17)12-15-5-2/h13-16H,4-12H2,1-3H3. The van der Waals surface area contributed by atoms with E-state index in [0.29, 0.717) is 19.0 Å². The van der Waals surface area contributed by atoms with Crippen molar-refractivity contribution in [1.82, 2.24) is 14.3 Å². The molecule has 1 heterocycles. The third-order valence-electron chi connectivity index (χ3n) is 3.94. The molecule has 0 spiro atoms. The zero-order valence-corrected chi connectivity index (χ0v) is 14.0. The van der Waals surface area contributed by atoms with E-state index >= 15 is 0 Å². The van der Waals surface area contributed by atoms with Crippen molar-refractivity contribution in [3.63, 3.8) is 0 Å². The van der Waals surface area contributed by atoms with Crippen molar-refractivity contribution in [2.75, 3.05) is 26.2 Å². The van der Waals surface area contributed by atoms with Crippen LogP contribution in [0.4, 0.5) is 0 Å². The van der Waals surface area contributed by atoms with Crippen molar-refractivity contribution in [3.8, 4) is 0 Å². The highest BCUT2D eigenvalue weighted by molar-refractivity contribution is 7.87. The second kappa shape index (κ2) is 8.97. The number of rotatable bonds is 9. The normalized spacial score (nSPS) is 20.1. The number of hydrogen-bond acceptors (Lipinski definition) is 3. The maximum Gasteiger partial charge on any atom is 0.279 e. The SMILES string of the molecule is CCCCC(C)NS(=O)(=O)N1CCC(CNCC)CC1. The molecular weight excluding hydrogens is 274 g/mol. The van der Waals surface area contributed by atoms with Gasteiger partial charge in [-0.05, 0) is 45.2 Å². The Morgan fingerprint density at radius 1 is 1.25 bits per heavy atom. The van der Waals surface area contributed by atoms with Crippen molar-refractivity contribution in [2.45, 2.75) is 58.9 Å². The first kappa shape index (κ1) is 17.9. The summed E-state index contributed by atoms with van der Waals surface area (Å²) in [5, 5.41) is 3.34. The predicted octanol–water partition coefficient (Wildman–Crippen LogP) is 1.72. The average Bonchev–Trinajstić information content (AvgIpc) is 2.43. The van der Waals surface area contributed by atoms with Crippen molar-refractivity contribution in [1.29, 1.82) is 0 Å². The minimum atomic E-state index is -3.29. The van der Waals surface area contributed by atoms with Crippen molar-refractivity contribution in [3.05, 3.63) is 0 Å². The van der Waals surface area contributed by atoms with Gasteiger partial charge in [-0.15, -0.1) is 0 Å². The lowest BCUT2D eigenvalue weighted by molar-refractivity contribution is 0.265. The fraction of sp³-hybridized carbons (Fsp3) is 1.00. The van der Waals surface area contributed by atoms with E-state index in [1.807, 2.05) is 6.92 Å². The van der Waals surface area contributed by atoms with Crippen LogP contribution < -0.4 is 10.0 Å². The average molecular weight is 305 g/mol.